The van der Waals surface area contributed by atoms with E-state index in [1.165, 1.54) is 11.3 Å². The van der Waals surface area contributed by atoms with Crippen LogP contribution in [0.2, 0.25) is 0 Å². The topological polar surface area (TPSA) is 51.7 Å². The van der Waals surface area contributed by atoms with Gasteiger partial charge in [-0.25, -0.2) is 4.98 Å². The molecule has 2 aliphatic rings. The van der Waals surface area contributed by atoms with E-state index in [1.54, 1.807) is 6.20 Å². The van der Waals surface area contributed by atoms with Crippen molar-refractivity contribution < 1.29 is 4.79 Å². The molecule has 32 heavy (non-hydrogen) atoms. The molecule has 1 amide bonds. The van der Waals surface area contributed by atoms with Gasteiger partial charge in [0.25, 0.3) is 5.91 Å². The summed E-state index contributed by atoms with van der Waals surface area (Å²) >= 11 is 0. The highest BCUT2D eigenvalue weighted by molar-refractivity contribution is 5.95. The summed E-state index contributed by atoms with van der Waals surface area (Å²) in [7, 11) is 0. The molecular weight excluding hydrogens is 398 g/mol. The van der Waals surface area contributed by atoms with Gasteiger partial charge in [0.05, 0.1) is 0 Å². The summed E-state index contributed by atoms with van der Waals surface area (Å²) in [5, 5.41) is 3.59. The molecule has 0 aliphatic carbocycles. The Balaban J connectivity index is 1.24. The van der Waals surface area contributed by atoms with Crippen molar-refractivity contribution in [2.24, 2.45) is 0 Å². The lowest BCUT2D eigenvalue weighted by Gasteiger charge is -2.36. The molecule has 2 aromatic carbocycles. The minimum atomic E-state index is 0.0936. The maximum atomic E-state index is 13.2. The van der Waals surface area contributed by atoms with Gasteiger partial charge in [0.1, 0.15) is 5.82 Å². The molecule has 2 aliphatic heterocycles. The summed E-state index contributed by atoms with van der Waals surface area (Å²) in [4.78, 5) is 24.4. The highest BCUT2D eigenvalue weighted by atomic mass is 16.2. The number of nitrogens with one attached hydrogen (secondary N) is 1. The zero-order valence-corrected chi connectivity index (χ0v) is 18.2. The number of benzene rings is 2. The minimum Gasteiger partial charge on any atom is -0.368 e. The van der Waals surface area contributed by atoms with Gasteiger partial charge in [-0.3, -0.25) is 4.79 Å². The Bertz CT molecular complexity index is 1030. The molecule has 0 spiro atoms. The number of nitrogens with zero attached hydrogens (tertiary/aromatic N) is 4. The predicted octanol–water partition coefficient (Wildman–Crippen LogP) is 3.19. The fraction of sp³-hybridized carbons (Fsp3) is 0.308. The molecule has 3 aromatic rings. The number of rotatable bonds is 4. The van der Waals surface area contributed by atoms with E-state index in [4.69, 9.17) is 0 Å². The third-order valence-corrected chi connectivity index (χ3v) is 6.38. The first-order chi connectivity index (χ1) is 15.8. The number of para-hydroxylation sites is 1. The standard InChI is InChI=1S/C26H29N5O/c32-26(30-17-15-29(16-18-30)23-9-5-2-6-10-23)22-11-12-28-25(19-22)31-14-13-27-24(20-31)21-7-3-1-4-8-21/h1-12,19,24,27H,13-18,20H2/t24-/m0/s1. The number of hydrogen-bond acceptors (Lipinski definition) is 5. The number of carbonyl (C=O) groups is 1. The predicted molar refractivity (Wildman–Crippen MR) is 128 cm³/mol. The van der Waals surface area contributed by atoms with E-state index >= 15 is 0 Å². The average molecular weight is 428 g/mol. The number of amides is 1. The summed E-state index contributed by atoms with van der Waals surface area (Å²) in [5.41, 5.74) is 3.22. The van der Waals surface area contributed by atoms with Gasteiger partial charge in [-0.15, -0.1) is 0 Å². The molecule has 0 radical (unpaired) electrons. The third-order valence-electron chi connectivity index (χ3n) is 6.38. The highest BCUT2D eigenvalue weighted by Gasteiger charge is 2.25. The van der Waals surface area contributed by atoms with E-state index in [0.29, 0.717) is 0 Å². The van der Waals surface area contributed by atoms with E-state index in [1.807, 2.05) is 29.2 Å². The first-order valence-corrected chi connectivity index (χ1v) is 11.4. The summed E-state index contributed by atoms with van der Waals surface area (Å²) in [6.45, 7) is 5.77. The molecule has 6 nitrogen and oxygen atoms in total. The van der Waals surface area contributed by atoms with Crippen LogP contribution in [0.1, 0.15) is 22.0 Å². The largest absolute Gasteiger partial charge is 0.368 e. The summed E-state index contributed by atoms with van der Waals surface area (Å²) in [6.07, 6.45) is 1.77. The second kappa shape index (κ2) is 9.40. The van der Waals surface area contributed by atoms with Crippen LogP contribution < -0.4 is 15.1 Å². The molecule has 1 N–H and O–H groups in total. The van der Waals surface area contributed by atoms with E-state index in [9.17, 15) is 4.79 Å². The number of pyridine rings is 1. The zero-order chi connectivity index (χ0) is 21.8. The van der Waals surface area contributed by atoms with Crippen molar-refractivity contribution in [2.45, 2.75) is 6.04 Å². The van der Waals surface area contributed by atoms with Crippen LogP contribution in [-0.2, 0) is 0 Å². The number of anilines is 2. The molecule has 3 heterocycles. The number of hydrogen-bond donors (Lipinski definition) is 1. The lowest BCUT2D eigenvalue weighted by Crippen LogP contribution is -2.49. The van der Waals surface area contributed by atoms with Crippen molar-refractivity contribution in [1.82, 2.24) is 15.2 Å². The van der Waals surface area contributed by atoms with Crippen molar-refractivity contribution >= 4 is 17.4 Å². The monoisotopic (exact) mass is 427 g/mol. The van der Waals surface area contributed by atoms with E-state index in [2.05, 4.69) is 68.6 Å². The first kappa shape index (κ1) is 20.5. The molecule has 164 valence electrons. The number of carbonyl (C=O) groups excluding carboxylic acids is 1. The van der Waals surface area contributed by atoms with Gasteiger partial charge in [0.2, 0.25) is 0 Å². The van der Waals surface area contributed by atoms with Gasteiger partial charge >= 0.3 is 0 Å². The van der Waals surface area contributed by atoms with Crippen LogP contribution in [0.25, 0.3) is 0 Å². The van der Waals surface area contributed by atoms with Crippen LogP contribution in [0, 0.1) is 0 Å². The molecule has 5 rings (SSSR count). The van der Waals surface area contributed by atoms with Gasteiger partial charge in [0.15, 0.2) is 0 Å². The molecule has 0 saturated carbocycles. The van der Waals surface area contributed by atoms with E-state index < -0.39 is 0 Å². The number of aromatic nitrogens is 1. The van der Waals surface area contributed by atoms with Crippen molar-refractivity contribution in [3.8, 4) is 0 Å². The van der Waals surface area contributed by atoms with Gasteiger partial charge in [-0.1, -0.05) is 48.5 Å². The van der Waals surface area contributed by atoms with Gasteiger partial charge in [-0.2, -0.15) is 0 Å². The van der Waals surface area contributed by atoms with E-state index in [-0.39, 0.29) is 11.9 Å². The second-order valence-corrected chi connectivity index (χ2v) is 8.38. The SMILES string of the molecule is O=C(c1ccnc(N2CCN[C@H](c3ccccc3)C2)c1)N1CCN(c2ccccc2)CC1. The Morgan fingerprint density at radius 2 is 1.56 bits per heavy atom. The molecule has 0 bridgehead atoms. The minimum absolute atomic E-state index is 0.0936. The Morgan fingerprint density at radius 3 is 2.31 bits per heavy atom. The maximum absolute atomic E-state index is 13.2. The molecule has 2 fully saturated rings. The van der Waals surface area contributed by atoms with Crippen LogP contribution in [-0.4, -0.2) is 61.6 Å². The fourth-order valence-electron chi connectivity index (χ4n) is 4.58. The lowest BCUT2D eigenvalue weighted by atomic mass is 10.0. The molecular formula is C26H29N5O. The van der Waals surface area contributed by atoms with Crippen LogP contribution >= 0.6 is 0 Å². The van der Waals surface area contributed by atoms with Gasteiger partial charge in [0, 0.05) is 69.3 Å². The maximum Gasteiger partial charge on any atom is 0.254 e. The van der Waals surface area contributed by atoms with Crippen LogP contribution in [0.5, 0.6) is 0 Å². The van der Waals surface area contributed by atoms with Crippen molar-refractivity contribution in [3.63, 3.8) is 0 Å². The summed E-state index contributed by atoms with van der Waals surface area (Å²) in [6, 6.07) is 25.0. The Kier molecular flexibility index (Phi) is 6.03. The Hall–Kier alpha value is -3.38. The quantitative estimate of drug-likeness (QED) is 0.693. The van der Waals surface area contributed by atoms with Gasteiger partial charge < -0.3 is 20.0 Å². The molecule has 6 heteroatoms. The van der Waals surface area contributed by atoms with Gasteiger partial charge in [-0.05, 0) is 29.8 Å². The summed E-state index contributed by atoms with van der Waals surface area (Å²) < 4.78 is 0. The zero-order valence-electron chi connectivity index (χ0n) is 18.2. The molecule has 2 saturated heterocycles. The average Bonchev–Trinajstić information content (AvgIpc) is 2.89. The van der Waals surface area contributed by atoms with Crippen LogP contribution in [0.15, 0.2) is 79.0 Å². The first-order valence-electron chi connectivity index (χ1n) is 11.4. The van der Waals surface area contributed by atoms with E-state index in [0.717, 1.165) is 57.2 Å². The van der Waals surface area contributed by atoms with Crippen LogP contribution in [0.3, 0.4) is 0 Å². The highest BCUT2D eigenvalue weighted by Crippen LogP contribution is 2.23. The number of piperazine rings is 2. The van der Waals surface area contributed by atoms with Crippen LogP contribution in [0.4, 0.5) is 11.5 Å². The molecule has 1 aromatic heterocycles. The Labute approximate surface area is 189 Å². The van der Waals surface area contributed by atoms with Crippen molar-refractivity contribution in [1.29, 1.82) is 0 Å². The van der Waals surface area contributed by atoms with Crippen molar-refractivity contribution in [2.75, 3.05) is 55.6 Å². The molecule has 1 atom stereocenters. The summed E-state index contributed by atoms with van der Waals surface area (Å²) in [5.74, 6) is 0.970. The molecule has 0 unspecified atom stereocenters. The normalized spacial score (nSPS) is 19.1. The second-order valence-electron chi connectivity index (χ2n) is 8.38. The Morgan fingerprint density at radius 1 is 0.844 bits per heavy atom. The smallest absolute Gasteiger partial charge is 0.254 e. The lowest BCUT2D eigenvalue weighted by molar-refractivity contribution is 0.0746. The third kappa shape index (κ3) is 4.46. The van der Waals surface area contributed by atoms with Crippen molar-refractivity contribution in [3.05, 3.63) is 90.1 Å². The fourth-order valence-corrected chi connectivity index (χ4v) is 4.58.